The molecule has 7 heteroatoms. The Balaban J connectivity index is 2.10. The highest BCUT2D eigenvalue weighted by molar-refractivity contribution is 6.04. The second kappa shape index (κ2) is 5.68. The number of furan rings is 1. The maximum atomic E-state index is 12.1. The van der Waals surface area contributed by atoms with Gasteiger partial charge in [-0.15, -0.1) is 0 Å². The monoisotopic (exact) mass is 285 g/mol. The number of amides is 1. The number of carbonyl (C=O) groups excluding carboxylic acids is 1. The standard InChI is InChI=1S/C13H10F3NO3/c14-13(15,16)8-20-11-4-2-1-3-10(11)17-12(18)9-5-6-19-7-9/h1-7H,8H2,(H,17,18). The number of hydrogen-bond donors (Lipinski definition) is 1. The van der Waals surface area contributed by atoms with Gasteiger partial charge < -0.3 is 14.5 Å². The Labute approximate surface area is 112 Å². The van der Waals surface area contributed by atoms with E-state index >= 15 is 0 Å². The second-order valence-corrected chi connectivity index (χ2v) is 3.87. The SMILES string of the molecule is O=C(Nc1ccccc1OCC(F)(F)F)c1ccoc1. The summed E-state index contributed by atoms with van der Waals surface area (Å²) in [6.45, 7) is -1.43. The molecule has 0 saturated heterocycles. The van der Waals surface area contributed by atoms with Crippen LogP contribution in [0.5, 0.6) is 5.75 Å². The molecule has 1 aromatic heterocycles. The van der Waals surface area contributed by atoms with Gasteiger partial charge in [-0.3, -0.25) is 4.79 Å². The number of anilines is 1. The van der Waals surface area contributed by atoms with E-state index in [4.69, 9.17) is 4.42 Å². The third-order valence-electron chi connectivity index (χ3n) is 2.31. The summed E-state index contributed by atoms with van der Waals surface area (Å²) in [6, 6.07) is 7.32. The summed E-state index contributed by atoms with van der Waals surface area (Å²) in [4.78, 5) is 11.8. The molecule has 0 atom stereocenters. The summed E-state index contributed by atoms with van der Waals surface area (Å²) in [7, 11) is 0. The van der Waals surface area contributed by atoms with Crippen molar-refractivity contribution >= 4 is 11.6 Å². The predicted octanol–water partition coefficient (Wildman–Crippen LogP) is 3.47. The molecule has 0 radical (unpaired) electrons. The quantitative estimate of drug-likeness (QED) is 0.935. The van der Waals surface area contributed by atoms with Crippen LogP contribution in [0.25, 0.3) is 0 Å². The third kappa shape index (κ3) is 3.78. The smallest absolute Gasteiger partial charge is 0.422 e. The number of carbonyl (C=O) groups is 1. The summed E-state index contributed by atoms with van der Waals surface area (Å²) in [6.07, 6.45) is -1.89. The van der Waals surface area contributed by atoms with Crippen LogP contribution in [0.15, 0.2) is 47.3 Å². The molecule has 106 valence electrons. The van der Waals surface area contributed by atoms with Crippen molar-refractivity contribution in [3.05, 3.63) is 48.4 Å². The fraction of sp³-hybridized carbons (Fsp3) is 0.154. The summed E-state index contributed by atoms with van der Waals surface area (Å²) in [5, 5.41) is 2.46. The minimum Gasteiger partial charge on any atom is -0.482 e. The van der Waals surface area contributed by atoms with Crippen LogP contribution in [0.1, 0.15) is 10.4 Å². The van der Waals surface area contributed by atoms with E-state index in [1.165, 1.54) is 36.8 Å². The van der Waals surface area contributed by atoms with E-state index in [0.717, 1.165) is 0 Å². The summed E-state index contributed by atoms with van der Waals surface area (Å²) in [5.41, 5.74) is 0.415. The van der Waals surface area contributed by atoms with Crippen molar-refractivity contribution in [3.8, 4) is 5.75 Å². The van der Waals surface area contributed by atoms with Gasteiger partial charge in [0, 0.05) is 0 Å². The van der Waals surface area contributed by atoms with Crippen LogP contribution < -0.4 is 10.1 Å². The van der Waals surface area contributed by atoms with Gasteiger partial charge in [0.2, 0.25) is 0 Å². The Kier molecular flexibility index (Phi) is 3.97. The van der Waals surface area contributed by atoms with Crippen LogP contribution >= 0.6 is 0 Å². The average molecular weight is 285 g/mol. The minimum atomic E-state index is -4.44. The number of ether oxygens (including phenoxy) is 1. The van der Waals surface area contributed by atoms with Crippen molar-refractivity contribution in [1.29, 1.82) is 0 Å². The predicted molar refractivity (Wildman–Crippen MR) is 64.7 cm³/mol. The Bertz CT molecular complexity index is 579. The molecule has 0 aliphatic rings. The third-order valence-corrected chi connectivity index (χ3v) is 2.31. The van der Waals surface area contributed by atoms with E-state index in [9.17, 15) is 18.0 Å². The van der Waals surface area contributed by atoms with Crippen molar-refractivity contribution < 1.29 is 27.1 Å². The first kappa shape index (κ1) is 14.0. The fourth-order valence-corrected chi connectivity index (χ4v) is 1.44. The average Bonchev–Trinajstić information content (AvgIpc) is 2.90. The van der Waals surface area contributed by atoms with Gasteiger partial charge in [0.05, 0.1) is 17.5 Å². The van der Waals surface area contributed by atoms with Gasteiger partial charge >= 0.3 is 6.18 Å². The van der Waals surface area contributed by atoms with Crippen molar-refractivity contribution in [2.45, 2.75) is 6.18 Å². The van der Waals surface area contributed by atoms with Crippen LogP contribution in [0, 0.1) is 0 Å². The maximum Gasteiger partial charge on any atom is 0.422 e. The molecule has 1 N–H and O–H groups in total. The Morgan fingerprint density at radius 3 is 2.65 bits per heavy atom. The molecule has 0 saturated carbocycles. The number of benzene rings is 1. The van der Waals surface area contributed by atoms with Crippen LogP contribution in [0.3, 0.4) is 0 Å². The molecule has 0 unspecified atom stereocenters. The number of hydrogen-bond acceptors (Lipinski definition) is 3. The summed E-state index contributed by atoms with van der Waals surface area (Å²) < 4.78 is 45.8. The highest BCUT2D eigenvalue weighted by Crippen LogP contribution is 2.26. The maximum absolute atomic E-state index is 12.1. The first-order chi connectivity index (χ1) is 9.46. The van der Waals surface area contributed by atoms with E-state index in [1.54, 1.807) is 6.07 Å². The molecule has 0 spiro atoms. The van der Waals surface area contributed by atoms with Gasteiger partial charge in [-0.05, 0) is 18.2 Å². The molecule has 1 aromatic carbocycles. The Hall–Kier alpha value is -2.44. The Morgan fingerprint density at radius 2 is 2.00 bits per heavy atom. The van der Waals surface area contributed by atoms with E-state index < -0.39 is 18.7 Å². The molecule has 2 aromatic rings. The Morgan fingerprint density at radius 1 is 1.25 bits per heavy atom. The highest BCUT2D eigenvalue weighted by Gasteiger charge is 2.28. The summed E-state index contributed by atoms with van der Waals surface area (Å²) in [5.74, 6) is -0.552. The number of alkyl halides is 3. The van der Waals surface area contributed by atoms with Crippen molar-refractivity contribution in [1.82, 2.24) is 0 Å². The van der Waals surface area contributed by atoms with Gasteiger partial charge in [0.1, 0.15) is 12.0 Å². The molecular formula is C13H10F3NO3. The molecule has 0 fully saturated rings. The number of halogens is 3. The summed E-state index contributed by atoms with van der Waals surface area (Å²) >= 11 is 0. The van der Waals surface area contributed by atoms with Crippen LogP contribution in [-0.4, -0.2) is 18.7 Å². The molecule has 0 aliphatic heterocycles. The van der Waals surface area contributed by atoms with Gasteiger partial charge in [0.25, 0.3) is 5.91 Å². The van der Waals surface area contributed by atoms with E-state index in [-0.39, 0.29) is 17.0 Å². The highest BCUT2D eigenvalue weighted by atomic mass is 19.4. The van der Waals surface area contributed by atoms with E-state index in [0.29, 0.717) is 0 Å². The lowest BCUT2D eigenvalue weighted by Crippen LogP contribution is -2.20. The topological polar surface area (TPSA) is 51.5 Å². The molecule has 0 aliphatic carbocycles. The zero-order valence-corrected chi connectivity index (χ0v) is 10.1. The fourth-order valence-electron chi connectivity index (χ4n) is 1.44. The molecule has 0 bridgehead atoms. The number of rotatable bonds is 4. The van der Waals surface area contributed by atoms with E-state index in [1.807, 2.05) is 0 Å². The molecule has 1 heterocycles. The van der Waals surface area contributed by atoms with Crippen molar-refractivity contribution in [3.63, 3.8) is 0 Å². The van der Waals surface area contributed by atoms with Crippen molar-refractivity contribution in [2.24, 2.45) is 0 Å². The first-order valence-corrected chi connectivity index (χ1v) is 5.58. The van der Waals surface area contributed by atoms with Crippen LogP contribution in [0.4, 0.5) is 18.9 Å². The van der Waals surface area contributed by atoms with Gasteiger partial charge in [-0.25, -0.2) is 0 Å². The molecule has 4 nitrogen and oxygen atoms in total. The minimum absolute atomic E-state index is 0.0540. The molecular weight excluding hydrogens is 275 g/mol. The molecule has 1 amide bonds. The number of nitrogens with one attached hydrogen (secondary N) is 1. The van der Waals surface area contributed by atoms with Gasteiger partial charge in [-0.2, -0.15) is 13.2 Å². The van der Waals surface area contributed by atoms with Crippen LogP contribution in [-0.2, 0) is 0 Å². The van der Waals surface area contributed by atoms with Crippen LogP contribution in [0.2, 0.25) is 0 Å². The zero-order chi connectivity index (χ0) is 14.6. The van der Waals surface area contributed by atoms with Gasteiger partial charge in [-0.1, -0.05) is 12.1 Å². The molecule has 2 rings (SSSR count). The zero-order valence-electron chi connectivity index (χ0n) is 10.1. The lowest BCUT2D eigenvalue weighted by molar-refractivity contribution is -0.153. The normalized spacial score (nSPS) is 11.2. The lowest BCUT2D eigenvalue weighted by atomic mass is 10.2. The number of para-hydroxylation sites is 2. The second-order valence-electron chi connectivity index (χ2n) is 3.87. The van der Waals surface area contributed by atoms with Crippen molar-refractivity contribution in [2.75, 3.05) is 11.9 Å². The molecule has 20 heavy (non-hydrogen) atoms. The largest absolute Gasteiger partial charge is 0.482 e. The first-order valence-electron chi connectivity index (χ1n) is 5.58. The van der Waals surface area contributed by atoms with Gasteiger partial charge in [0.15, 0.2) is 6.61 Å². The lowest BCUT2D eigenvalue weighted by Gasteiger charge is -2.13. The van der Waals surface area contributed by atoms with E-state index in [2.05, 4.69) is 10.1 Å².